The summed E-state index contributed by atoms with van der Waals surface area (Å²) in [6.45, 7) is 0. The second-order valence-electron chi connectivity index (χ2n) is 10.0. The lowest BCUT2D eigenvalue weighted by Crippen LogP contribution is -2.50. The monoisotopic (exact) mass is 572 g/mol. The molecule has 2 saturated carbocycles. The van der Waals surface area contributed by atoms with Crippen molar-refractivity contribution in [3.63, 3.8) is 0 Å². The Balaban J connectivity index is 1.48. The van der Waals surface area contributed by atoms with Gasteiger partial charge in [0, 0.05) is 12.0 Å². The van der Waals surface area contributed by atoms with Gasteiger partial charge in [0.1, 0.15) is 0 Å². The Morgan fingerprint density at radius 2 is 1.88 bits per heavy atom. The van der Waals surface area contributed by atoms with E-state index in [1.807, 2.05) is 0 Å². The van der Waals surface area contributed by atoms with Crippen LogP contribution in [0.5, 0.6) is 5.75 Å². The molecule has 14 nitrogen and oxygen atoms in total. The van der Waals surface area contributed by atoms with Crippen LogP contribution in [-0.4, -0.2) is 82.7 Å². The largest absolute Gasteiger partial charge is 0.494 e. The minimum atomic E-state index is -3.51. The maximum atomic E-state index is 12.9. The van der Waals surface area contributed by atoms with Crippen molar-refractivity contribution in [1.82, 2.24) is 30.4 Å². The zero-order valence-corrected chi connectivity index (χ0v) is 22.9. The maximum absolute atomic E-state index is 12.9. The molecule has 1 aromatic carbocycles. The Bertz CT molecular complexity index is 1620. The number of methoxy groups -OCH3 is 1. The first-order chi connectivity index (χ1) is 19.3. The van der Waals surface area contributed by atoms with Crippen LogP contribution >= 0.6 is 0 Å². The molecular formula is C23H23B3N8O6S. The molecule has 2 heterocycles. The van der Waals surface area contributed by atoms with E-state index >= 15 is 0 Å². The van der Waals surface area contributed by atoms with E-state index in [0.717, 1.165) is 19.1 Å². The summed E-state index contributed by atoms with van der Waals surface area (Å²) in [5.74, 6) is -0.520. The number of carbonyl (C=O) groups is 2. The predicted molar refractivity (Wildman–Crippen MR) is 149 cm³/mol. The van der Waals surface area contributed by atoms with E-state index in [2.05, 4.69) is 41.0 Å². The Morgan fingerprint density at radius 1 is 1.15 bits per heavy atom. The van der Waals surface area contributed by atoms with E-state index in [-0.39, 0.29) is 46.5 Å². The molecule has 2 amide bonds. The van der Waals surface area contributed by atoms with Crippen LogP contribution in [0.2, 0.25) is 0 Å². The van der Waals surface area contributed by atoms with Crippen LogP contribution in [0.15, 0.2) is 28.8 Å². The Hall–Kier alpha value is -3.92. The van der Waals surface area contributed by atoms with E-state index in [1.165, 1.54) is 13.2 Å². The van der Waals surface area contributed by atoms with E-state index in [0.29, 0.717) is 24.1 Å². The quantitative estimate of drug-likeness (QED) is 0.227. The van der Waals surface area contributed by atoms with Crippen molar-refractivity contribution in [2.75, 3.05) is 24.0 Å². The van der Waals surface area contributed by atoms with Crippen molar-refractivity contribution >= 4 is 62.6 Å². The molecular weight excluding hydrogens is 549 g/mol. The number of amides is 2. The molecule has 0 spiro atoms. The lowest BCUT2D eigenvalue weighted by Gasteiger charge is -2.23. The second kappa shape index (κ2) is 10.5. The maximum Gasteiger partial charge on any atom is 0.272 e. The average molecular weight is 572 g/mol. The van der Waals surface area contributed by atoms with Gasteiger partial charge in [-0.05, 0) is 37.8 Å². The van der Waals surface area contributed by atoms with Gasteiger partial charge in [-0.25, -0.2) is 13.1 Å². The van der Waals surface area contributed by atoms with Gasteiger partial charge in [-0.15, -0.1) is 10.2 Å². The van der Waals surface area contributed by atoms with E-state index < -0.39 is 26.7 Å². The Kier molecular flexibility index (Phi) is 7.32. The van der Waals surface area contributed by atoms with Crippen LogP contribution in [-0.2, 0) is 20.4 Å². The highest BCUT2D eigenvalue weighted by molar-refractivity contribution is 7.88. The van der Waals surface area contributed by atoms with Crippen LogP contribution < -0.4 is 25.4 Å². The molecule has 3 aromatic rings. The molecule has 5 rings (SSSR count). The molecule has 2 aliphatic rings. The SMILES string of the molecule is [B]C([B])([B])NC(=O)c1nnc(NC(=O)C2CC2)cc1Nc1cccc(-c2nc(C3(NS(C)(=O)=O)CC3)no2)c1OC. The lowest BCUT2D eigenvalue weighted by molar-refractivity contribution is -0.117. The summed E-state index contributed by atoms with van der Waals surface area (Å²) in [5, 5.41) is 17.8. The molecule has 2 aliphatic carbocycles. The standard InChI is InChI=1S/C23H23B3N8O6S/c1-39-17-12(20-29-21(33-40-20)22(8-9-22)34-41(2,37)38)4-3-5-13(17)27-14-10-15(28-18(35)11-6-7-11)31-32-16(14)19(36)30-23(24,25)26/h3-5,10-11,34H,6-9H2,1-2H3,(H,30,36)(H2,27,28,31,35). The number of sulfonamides is 1. The topological polar surface area (TPSA) is 190 Å². The number of anilines is 3. The minimum absolute atomic E-state index is 0.0736. The molecule has 2 fully saturated rings. The summed E-state index contributed by atoms with van der Waals surface area (Å²) in [7, 11) is 14.5. The zero-order valence-electron chi connectivity index (χ0n) is 22.1. The third kappa shape index (κ3) is 6.70. The Morgan fingerprint density at radius 3 is 2.49 bits per heavy atom. The summed E-state index contributed by atoms with van der Waals surface area (Å²) in [5.41, 5.74) is -0.304. The van der Waals surface area contributed by atoms with Gasteiger partial charge in [0.05, 0.1) is 59.4 Å². The van der Waals surface area contributed by atoms with Crippen LogP contribution in [0.1, 0.15) is 42.0 Å². The number of nitrogens with one attached hydrogen (secondary N) is 4. The van der Waals surface area contributed by atoms with Gasteiger partial charge in [-0.2, -0.15) is 4.98 Å². The van der Waals surface area contributed by atoms with E-state index in [4.69, 9.17) is 32.8 Å². The molecule has 6 radical (unpaired) electrons. The number of ether oxygens (including phenoxy) is 1. The number of rotatable bonds is 11. The smallest absolute Gasteiger partial charge is 0.272 e. The highest BCUT2D eigenvalue weighted by Crippen LogP contribution is 2.46. The van der Waals surface area contributed by atoms with Crippen LogP contribution in [0.4, 0.5) is 17.2 Å². The summed E-state index contributed by atoms with van der Waals surface area (Å²) >= 11 is 0. The van der Waals surface area contributed by atoms with Gasteiger partial charge >= 0.3 is 0 Å². The van der Waals surface area contributed by atoms with Crippen LogP contribution in [0, 0.1) is 5.92 Å². The lowest BCUT2D eigenvalue weighted by atomic mass is 9.49. The van der Waals surface area contributed by atoms with Gasteiger partial charge in [0.25, 0.3) is 11.8 Å². The fraction of sp³-hybridized carbons (Fsp3) is 0.391. The molecule has 0 saturated heterocycles. The highest BCUT2D eigenvalue weighted by atomic mass is 32.2. The molecule has 18 heteroatoms. The first-order valence-corrected chi connectivity index (χ1v) is 14.3. The molecule has 0 aliphatic heterocycles. The Labute approximate surface area is 239 Å². The number of hydrogen-bond acceptors (Lipinski definition) is 11. The molecule has 0 atom stereocenters. The molecule has 2 aromatic heterocycles. The van der Waals surface area contributed by atoms with Crippen molar-refractivity contribution in [3.05, 3.63) is 35.8 Å². The van der Waals surface area contributed by atoms with E-state index in [1.54, 1.807) is 18.2 Å². The van der Waals surface area contributed by atoms with Crippen molar-refractivity contribution in [2.24, 2.45) is 5.92 Å². The molecule has 0 unspecified atom stereocenters. The first-order valence-electron chi connectivity index (χ1n) is 12.4. The van der Waals surface area contributed by atoms with Gasteiger partial charge < -0.3 is 25.2 Å². The van der Waals surface area contributed by atoms with Gasteiger partial charge in [0.15, 0.2) is 23.1 Å². The third-order valence-electron chi connectivity index (χ3n) is 6.24. The predicted octanol–water partition coefficient (Wildman–Crippen LogP) is 0.0122. The fourth-order valence-electron chi connectivity index (χ4n) is 4.09. The minimum Gasteiger partial charge on any atom is -0.494 e. The number of para-hydroxylation sites is 1. The van der Waals surface area contributed by atoms with Crippen molar-refractivity contribution in [3.8, 4) is 17.2 Å². The van der Waals surface area contributed by atoms with E-state index in [9.17, 15) is 18.0 Å². The first kappa shape index (κ1) is 28.6. The summed E-state index contributed by atoms with van der Waals surface area (Å²) < 4.78 is 37.3. The zero-order chi connectivity index (χ0) is 29.6. The number of aromatic nitrogens is 4. The average Bonchev–Trinajstić information content (AvgIpc) is 3.80. The van der Waals surface area contributed by atoms with Gasteiger partial charge in [-0.1, -0.05) is 16.5 Å². The molecule has 206 valence electrons. The van der Waals surface area contributed by atoms with Crippen molar-refractivity contribution in [1.29, 1.82) is 0 Å². The van der Waals surface area contributed by atoms with Crippen molar-refractivity contribution < 1.29 is 27.3 Å². The molecule has 4 N–H and O–H groups in total. The highest BCUT2D eigenvalue weighted by Gasteiger charge is 2.51. The molecule has 41 heavy (non-hydrogen) atoms. The fourth-order valence-corrected chi connectivity index (χ4v) is 5.10. The number of carbonyl (C=O) groups excluding carboxylic acids is 2. The number of benzene rings is 1. The number of nitrogens with zero attached hydrogens (tertiary/aromatic N) is 4. The van der Waals surface area contributed by atoms with Crippen molar-refractivity contribution in [2.45, 2.75) is 36.5 Å². The van der Waals surface area contributed by atoms with Crippen LogP contribution in [0.3, 0.4) is 0 Å². The summed E-state index contributed by atoms with van der Waals surface area (Å²) in [6, 6.07) is 6.39. The normalized spacial score (nSPS) is 16.0. The summed E-state index contributed by atoms with van der Waals surface area (Å²) in [6.07, 6.45) is 3.67. The van der Waals surface area contributed by atoms with Gasteiger partial charge in [-0.3, -0.25) is 9.59 Å². The third-order valence-corrected chi connectivity index (χ3v) is 7.00. The van der Waals surface area contributed by atoms with Crippen LogP contribution in [0.25, 0.3) is 11.5 Å². The summed E-state index contributed by atoms with van der Waals surface area (Å²) in [4.78, 5) is 29.6. The number of hydrogen-bond donors (Lipinski definition) is 4. The second-order valence-corrected chi connectivity index (χ2v) is 11.8. The molecule has 0 bridgehead atoms. The van der Waals surface area contributed by atoms with Gasteiger partial charge in [0.2, 0.25) is 15.9 Å².